The van der Waals surface area contributed by atoms with Crippen molar-refractivity contribution in [3.63, 3.8) is 0 Å². The molecule has 0 radical (unpaired) electrons. The molecule has 0 unspecified atom stereocenters. The summed E-state index contributed by atoms with van der Waals surface area (Å²) in [4.78, 5) is 20.3. The van der Waals surface area contributed by atoms with Crippen molar-refractivity contribution in [2.75, 3.05) is 19.0 Å². The first-order valence-electron chi connectivity index (χ1n) is 7.71. The van der Waals surface area contributed by atoms with Gasteiger partial charge in [0, 0.05) is 41.8 Å². The Morgan fingerprint density at radius 1 is 1.24 bits per heavy atom. The molecule has 0 bridgehead atoms. The molecule has 0 aliphatic rings. The van der Waals surface area contributed by atoms with Gasteiger partial charge in [0.15, 0.2) is 0 Å². The zero-order valence-electron chi connectivity index (χ0n) is 13.9. The van der Waals surface area contributed by atoms with E-state index in [0.29, 0.717) is 15.4 Å². The van der Waals surface area contributed by atoms with E-state index in [1.807, 2.05) is 38.1 Å². The van der Waals surface area contributed by atoms with Crippen LogP contribution in [0.15, 0.2) is 41.5 Å². The van der Waals surface area contributed by atoms with Crippen LogP contribution in [0.4, 0.5) is 5.69 Å². The molecule has 0 aliphatic heterocycles. The summed E-state index contributed by atoms with van der Waals surface area (Å²) >= 11 is 7.48. The number of rotatable bonds is 2. The molecular weight excluding hydrogens is 356 g/mol. The maximum Gasteiger partial charge on any atom is 0.289 e. The van der Waals surface area contributed by atoms with Crippen molar-refractivity contribution in [2.45, 2.75) is 6.92 Å². The largest absolute Gasteiger partial charge is 0.377 e. The number of pyridine rings is 1. The van der Waals surface area contributed by atoms with Crippen LogP contribution in [0.25, 0.3) is 26.0 Å². The van der Waals surface area contributed by atoms with Crippen LogP contribution in [0.5, 0.6) is 0 Å². The maximum absolute atomic E-state index is 13.0. The molecule has 5 nitrogen and oxygen atoms in total. The molecule has 7 heteroatoms. The van der Waals surface area contributed by atoms with Gasteiger partial charge in [-0.25, -0.2) is 4.98 Å². The molecule has 0 saturated heterocycles. The Balaban J connectivity index is 2.03. The van der Waals surface area contributed by atoms with Crippen molar-refractivity contribution in [3.05, 3.63) is 57.6 Å². The molecule has 1 aromatic carbocycles. The first-order valence-corrected chi connectivity index (χ1v) is 8.90. The number of hydrogen-bond donors (Lipinski definition) is 0. The third kappa shape index (κ3) is 2.49. The zero-order valence-corrected chi connectivity index (χ0v) is 15.5. The molecule has 0 aliphatic carbocycles. The Labute approximate surface area is 153 Å². The quantitative estimate of drug-likeness (QED) is 0.534. The number of hydrogen-bond acceptors (Lipinski definition) is 5. The third-order valence-electron chi connectivity index (χ3n) is 4.16. The summed E-state index contributed by atoms with van der Waals surface area (Å²) in [6.07, 6.45) is 3.51. The third-order valence-corrected chi connectivity index (χ3v) is 5.69. The van der Waals surface area contributed by atoms with Crippen molar-refractivity contribution >= 4 is 48.9 Å². The van der Waals surface area contributed by atoms with Gasteiger partial charge in [0.25, 0.3) is 5.56 Å². The summed E-state index contributed by atoms with van der Waals surface area (Å²) in [7, 11) is 3.95. The standard InChI is InChI=1S/C18H15ClN4OS/c1-10-8-11(4-5-13(10)19)23-18(24)16-12(9-21-23)15-14(22(2)3)6-7-20-17(15)25-16/h4-9H,1-3H3. The first-order chi connectivity index (χ1) is 12.0. The molecule has 126 valence electrons. The average Bonchev–Trinajstić information content (AvgIpc) is 2.97. The lowest BCUT2D eigenvalue weighted by Gasteiger charge is -2.13. The minimum absolute atomic E-state index is 0.146. The summed E-state index contributed by atoms with van der Waals surface area (Å²) in [5, 5.41) is 6.86. The number of fused-ring (bicyclic) bond motifs is 3. The van der Waals surface area contributed by atoms with Gasteiger partial charge in [0.05, 0.1) is 11.9 Å². The van der Waals surface area contributed by atoms with Crippen LogP contribution in [0.1, 0.15) is 5.56 Å². The number of anilines is 1. The molecule has 25 heavy (non-hydrogen) atoms. The van der Waals surface area contributed by atoms with Crippen LogP contribution in [-0.4, -0.2) is 28.9 Å². The predicted octanol–water partition coefficient (Wildman–Crippen LogP) is 4.02. The van der Waals surface area contributed by atoms with E-state index >= 15 is 0 Å². The van der Waals surface area contributed by atoms with Gasteiger partial charge in [-0.1, -0.05) is 11.6 Å². The molecule has 0 saturated carbocycles. The van der Waals surface area contributed by atoms with Gasteiger partial charge in [-0.15, -0.1) is 11.3 Å². The molecule has 4 rings (SSSR count). The molecule has 0 N–H and O–H groups in total. The number of aryl methyl sites for hydroxylation is 1. The SMILES string of the molecule is Cc1cc(-n2ncc3c(sc4nccc(N(C)C)c43)c2=O)ccc1Cl. The first kappa shape index (κ1) is 16.1. The average molecular weight is 371 g/mol. The summed E-state index contributed by atoms with van der Waals surface area (Å²) in [6, 6.07) is 7.38. The Morgan fingerprint density at radius 3 is 2.76 bits per heavy atom. The zero-order chi connectivity index (χ0) is 17.7. The van der Waals surface area contributed by atoms with Gasteiger partial charge in [-0.05, 0) is 36.8 Å². The van der Waals surface area contributed by atoms with Gasteiger partial charge in [-0.3, -0.25) is 4.79 Å². The summed E-state index contributed by atoms with van der Waals surface area (Å²) in [5.41, 5.74) is 2.48. The fraction of sp³-hybridized carbons (Fsp3) is 0.167. The van der Waals surface area contributed by atoms with Crippen molar-refractivity contribution in [2.24, 2.45) is 0 Å². The molecule has 4 aromatic rings. The monoisotopic (exact) mass is 370 g/mol. The minimum atomic E-state index is -0.146. The van der Waals surface area contributed by atoms with E-state index in [0.717, 1.165) is 26.9 Å². The van der Waals surface area contributed by atoms with Crippen LogP contribution in [0.2, 0.25) is 5.02 Å². The highest BCUT2D eigenvalue weighted by Crippen LogP contribution is 2.36. The highest BCUT2D eigenvalue weighted by molar-refractivity contribution is 7.25. The van der Waals surface area contributed by atoms with Crippen LogP contribution < -0.4 is 10.5 Å². The molecule has 0 fully saturated rings. The molecule has 3 heterocycles. The van der Waals surface area contributed by atoms with Gasteiger partial charge in [0.1, 0.15) is 9.53 Å². The molecule has 0 spiro atoms. The number of aromatic nitrogens is 3. The van der Waals surface area contributed by atoms with Gasteiger partial charge >= 0.3 is 0 Å². The van der Waals surface area contributed by atoms with Crippen LogP contribution >= 0.6 is 22.9 Å². The fourth-order valence-electron chi connectivity index (χ4n) is 2.89. The van der Waals surface area contributed by atoms with E-state index in [2.05, 4.69) is 10.1 Å². The van der Waals surface area contributed by atoms with Crippen LogP contribution in [0.3, 0.4) is 0 Å². The topological polar surface area (TPSA) is 51.0 Å². The predicted molar refractivity (Wildman–Crippen MR) is 105 cm³/mol. The van der Waals surface area contributed by atoms with E-state index in [9.17, 15) is 4.79 Å². The highest BCUT2D eigenvalue weighted by atomic mass is 35.5. The van der Waals surface area contributed by atoms with Crippen LogP contribution in [-0.2, 0) is 0 Å². The lowest BCUT2D eigenvalue weighted by Crippen LogP contribution is -2.20. The normalized spacial score (nSPS) is 11.4. The summed E-state index contributed by atoms with van der Waals surface area (Å²) < 4.78 is 2.07. The second-order valence-corrected chi connectivity index (χ2v) is 7.45. The number of nitrogens with zero attached hydrogens (tertiary/aromatic N) is 4. The Hall–Kier alpha value is -2.44. The molecule has 0 amide bonds. The van der Waals surface area contributed by atoms with Gasteiger partial charge in [-0.2, -0.15) is 9.78 Å². The highest BCUT2D eigenvalue weighted by Gasteiger charge is 2.16. The smallest absolute Gasteiger partial charge is 0.289 e. The molecular formula is C18H15ClN4OS. The minimum Gasteiger partial charge on any atom is -0.377 e. The summed E-state index contributed by atoms with van der Waals surface area (Å²) in [6.45, 7) is 1.90. The Kier molecular flexibility index (Phi) is 3.74. The van der Waals surface area contributed by atoms with Gasteiger partial charge < -0.3 is 4.90 Å². The maximum atomic E-state index is 13.0. The Morgan fingerprint density at radius 2 is 2.04 bits per heavy atom. The van der Waals surface area contributed by atoms with Crippen molar-refractivity contribution in [3.8, 4) is 5.69 Å². The van der Waals surface area contributed by atoms with E-state index in [1.165, 1.54) is 16.0 Å². The van der Waals surface area contributed by atoms with E-state index in [-0.39, 0.29) is 5.56 Å². The molecule has 0 atom stereocenters. The van der Waals surface area contributed by atoms with Crippen molar-refractivity contribution in [1.29, 1.82) is 0 Å². The van der Waals surface area contributed by atoms with Crippen molar-refractivity contribution < 1.29 is 0 Å². The number of halogens is 1. The van der Waals surface area contributed by atoms with E-state index in [4.69, 9.17) is 11.6 Å². The fourth-order valence-corrected chi connectivity index (χ4v) is 4.07. The van der Waals surface area contributed by atoms with Crippen molar-refractivity contribution in [1.82, 2.24) is 14.8 Å². The number of thiophene rings is 1. The summed E-state index contributed by atoms with van der Waals surface area (Å²) in [5.74, 6) is 0. The van der Waals surface area contributed by atoms with E-state index in [1.54, 1.807) is 24.5 Å². The van der Waals surface area contributed by atoms with Crippen LogP contribution in [0, 0.1) is 6.92 Å². The lowest BCUT2D eigenvalue weighted by atomic mass is 10.2. The van der Waals surface area contributed by atoms with Gasteiger partial charge in [0.2, 0.25) is 0 Å². The second kappa shape index (κ2) is 5.82. The van der Waals surface area contributed by atoms with E-state index < -0.39 is 0 Å². The number of benzene rings is 1. The molecule has 3 aromatic heterocycles. The Bertz CT molecular complexity index is 1180. The second-order valence-electron chi connectivity index (χ2n) is 6.04. The lowest BCUT2D eigenvalue weighted by molar-refractivity contribution is 0.822.